The zero-order valence-corrected chi connectivity index (χ0v) is 30.8. The van der Waals surface area contributed by atoms with Crippen LogP contribution in [0.2, 0.25) is 0 Å². The molecule has 0 aromatic carbocycles. The van der Waals surface area contributed by atoms with E-state index < -0.39 is 85.9 Å². The first kappa shape index (κ1) is 37.4. The van der Waals surface area contributed by atoms with Crippen LogP contribution in [0.15, 0.2) is 0 Å². The average Bonchev–Trinajstić information content (AvgIpc) is 3.15. The number of fused-ring (bicyclic) bond motifs is 7. The molecule has 0 amide bonds. The molecular weight excluding hydrogens is 625 g/mol. The second kappa shape index (κ2) is 12.8. The maximum absolute atomic E-state index is 13.0. The van der Waals surface area contributed by atoms with Crippen molar-refractivity contribution >= 4 is 20.7 Å². The van der Waals surface area contributed by atoms with Gasteiger partial charge in [-0.15, -0.1) is 0 Å². The van der Waals surface area contributed by atoms with Crippen LogP contribution in [-0.4, -0.2) is 86.5 Å². The van der Waals surface area contributed by atoms with Crippen LogP contribution >= 0.6 is 0 Å². The molecule has 250 valence electrons. The molecule has 0 aromatic rings. The summed E-state index contributed by atoms with van der Waals surface area (Å²) in [4.78, 5) is 0. The minimum absolute atomic E-state index is 0. The van der Waals surface area contributed by atoms with E-state index in [9.17, 15) is 36.7 Å². The molecule has 4 N–H and O–H groups in total. The minimum atomic E-state index is -5.10. The molecular formula is C29H50NNaO11S2. The van der Waals surface area contributed by atoms with E-state index in [1.165, 1.54) is 7.05 Å². The third-order valence-corrected chi connectivity index (χ3v) is 14.2. The van der Waals surface area contributed by atoms with Crippen LogP contribution in [0.5, 0.6) is 0 Å². The van der Waals surface area contributed by atoms with Crippen molar-refractivity contribution in [3.05, 3.63) is 0 Å². The summed E-state index contributed by atoms with van der Waals surface area (Å²) in [6.45, 7) is 12.7. The summed E-state index contributed by atoms with van der Waals surface area (Å²) in [5.74, 6) is -1.55. The van der Waals surface area contributed by atoms with Crippen molar-refractivity contribution in [3.8, 4) is 0 Å². The fourth-order valence-corrected chi connectivity index (χ4v) is 11.7. The third-order valence-electron chi connectivity index (χ3n) is 12.8. The molecule has 0 unspecified atom stereocenters. The Balaban J connectivity index is 0.00000442. The molecule has 5 aliphatic rings. The van der Waals surface area contributed by atoms with E-state index in [2.05, 4.69) is 43.5 Å². The summed E-state index contributed by atoms with van der Waals surface area (Å²) >= 11 is 0. The van der Waals surface area contributed by atoms with Gasteiger partial charge in [-0.3, -0.25) is 8.37 Å². The van der Waals surface area contributed by atoms with E-state index in [4.69, 9.17) is 8.92 Å². The topological polar surface area (TPSA) is 192 Å². The van der Waals surface area contributed by atoms with Gasteiger partial charge in [-0.2, -0.15) is 13.1 Å². The normalized spacial score (nSPS) is 49.7. The summed E-state index contributed by atoms with van der Waals surface area (Å²) in [5.41, 5.74) is -1.22. The van der Waals surface area contributed by atoms with Gasteiger partial charge >= 0.3 is 39.9 Å². The molecule has 15 heteroatoms. The van der Waals surface area contributed by atoms with Crippen molar-refractivity contribution in [2.75, 3.05) is 7.05 Å². The van der Waals surface area contributed by atoms with Gasteiger partial charge in [0.1, 0.15) is 12.2 Å². The van der Waals surface area contributed by atoms with E-state index in [-0.39, 0.29) is 65.8 Å². The predicted molar refractivity (Wildman–Crippen MR) is 154 cm³/mol. The van der Waals surface area contributed by atoms with E-state index in [0.717, 1.165) is 6.42 Å². The maximum atomic E-state index is 13.0. The van der Waals surface area contributed by atoms with Gasteiger partial charge in [0.05, 0.1) is 30.5 Å². The molecule has 5 fully saturated rings. The van der Waals surface area contributed by atoms with E-state index in [0.29, 0.717) is 25.2 Å². The second-order valence-electron chi connectivity index (χ2n) is 15.0. The van der Waals surface area contributed by atoms with E-state index in [1.807, 2.05) is 6.92 Å². The van der Waals surface area contributed by atoms with Crippen LogP contribution in [0, 0.1) is 58.2 Å². The van der Waals surface area contributed by atoms with Crippen molar-refractivity contribution < 1.29 is 79.4 Å². The summed E-state index contributed by atoms with van der Waals surface area (Å²) in [5, 5.41) is 34.7. The maximum Gasteiger partial charge on any atom is 1.00 e. The summed E-state index contributed by atoms with van der Waals surface area (Å²) < 4.78 is 79.8. The molecule has 4 saturated carbocycles. The van der Waals surface area contributed by atoms with E-state index >= 15 is 0 Å². The fourth-order valence-electron chi connectivity index (χ4n) is 10.6. The van der Waals surface area contributed by atoms with Crippen LogP contribution in [0.4, 0.5) is 0 Å². The molecule has 1 saturated heterocycles. The summed E-state index contributed by atoms with van der Waals surface area (Å²) in [6.07, 6.45) is -4.60. The first-order chi connectivity index (χ1) is 19.8. The zero-order chi connectivity index (χ0) is 32.0. The Labute approximate surface area is 284 Å². The molecule has 5 rings (SSSR count). The SMILES string of the molecule is CNS(=O)(=O)O[C@@H]1[C@H]2O[C@@H]([C@H](C)C(C)C)C[C@@H](C)[C@@H]2[C@@]2(C)CC[C@H]3[C@@H]([C@@H](O)[C@@H](O)[C@H]4[C@@H](O)[C@H](OS(=O)(=O)[O-])CC[C@@]43C)[C@H]12.[Na+]. The van der Waals surface area contributed by atoms with Gasteiger partial charge in [0.2, 0.25) is 10.4 Å². The van der Waals surface area contributed by atoms with Gasteiger partial charge in [-0.05, 0) is 78.4 Å². The number of ether oxygens (including phenoxy) is 1. The number of nitrogens with one attached hydrogen (secondary N) is 1. The Morgan fingerprint density at radius 1 is 0.909 bits per heavy atom. The largest absolute Gasteiger partial charge is 1.00 e. The molecule has 1 aliphatic heterocycles. The van der Waals surface area contributed by atoms with Crippen LogP contribution < -0.4 is 34.3 Å². The van der Waals surface area contributed by atoms with Gasteiger partial charge in [0.15, 0.2) is 0 Å². The quantitative estimate of drug-likeness (QED) is 0.140. The molecule has 4 aliphatic carbocycles. The zero-order valence-electron chi connectivity index (χ0n) is 27.1. The van der Waals surface area contributed by atoms with Gasteiger partial charge < -0.3 is 24.6 Å². The van der Waals surface area contributed by atoms with Crippen LogP contribution in [0.3, 0.4) is 0 Å². The Morgan fingerprint density at radius 2 is 1.52 bits per heavy atom. The Bertz CT molecular complexity index is 1270. The first-order valence-corrected chi connectivity index (χ1v) is 18.5. The average molecular weight is 676 g/mol. The third kappa shape index (κ3) is 6.13. The number of aliphatic hydroxyl groups is 3. The number of rotatable bonds is 7. The standard InChI is InChI=1S/C29H51NO11S2.Na/c1-13(2)15(4)18-12-14(3)20-26(39-18)27(41-42(34,35)30-7)21-19-16(8-10-29(20,21)6)28(5)11-9-17(40-43(36,37)38)23(31)22(28)25(33)24(19)32;/h13-27,30-33H,8-12H2,1-7H3,(H,36,37,38);/q;+1/p-1/t14-,15-,16+,17-,18-,19-,20+,21-,22-,23+,24-,25+,26+,27+,28-,29-;/m1./s1. The van der Waals surface area contributed by atoms with E-state index in [1.54, 1.807) is 0 Å². The molecule has 44 heavy (non-hydrogen) atoms. The summed E-state index contributed by atoms with van der Waals surface area (Å²) in [6, 6.07) is 0. The smallest absolute Gasteiger partial charge is 0.726 e. The van der Waals surface area contributed by atoms with Crippen molar-refractivity contribution in [2.24, 2.45) is 58.2 Å². The number of aliphatic hydroxyl groups excluding tert-OH is 3. The van der Waals surface area contributed by atoms with Gasteiger partial charge in [-0.25, -0.2) is 8.42 Å². The van der Waals surface area contributed by atoms with Gasteiger partial charge in [0.25, 0.3) is 0 Å². The molecule has 16 atom stereocenters. The van der Waals surface area contributed by atoms with Crippen LogP contribution in [0.25, 0.3) is 0 Å². The number of hydrogen-bond donors (Lipinski definition) is 4. The Kier molecular flexibility index (Phi) is 10.9. The fraction of sp³-hybridized carbons (Fsp3) is 1.00. The van der Waals surface area contributed by atoms with Crippen LogP contribution in [-0.2, 0) is 33.8 Å². The predicted octanol–water partition coefficient (Wildman–Crippen LogP) is -1.44. The van der Waals surface area contributed by atoms with Gasteiger partial charge in [0, 0.05) is 18.9 Å². The van der Waals surface area contributed by atoms with Crippen molar-refractivity contribution in [3.63, 3.8) is 0 Å². The summed E-state index contributed by atoms with van der Waals surface area (Å²) in [7, 11) is -7.97. The Morgan fingerprint density at radius 3 is 2.09 bits per heavy atom. The molecule has 12 nitrogen and oxygen atoms in total. The van der Waals surface area contributed by atoms with Gasteiger partial charge in [-0.1, -0.05) is 41.5 Å². The first-order valence-electron chi connectivity index (χ1n) is 15.7. The molecule has 0 spiro atoms. The number of hydrogen-bond acceptors (Lipinski definition) is 11. The van der Waals surface area contributed by atoms with Crippen molar-refractivity contribution in [1.82, 2.24) is 4.72 Å². The monoisotopic (exact) mass is 675 g/mol. The molecule has 0 aromatic heterocycles. The minimum Gasteiger partial charge on any atom is -0.726 e. The second-order valence-corrected chi connectivity index (χ2v) is 17.6. The van der Waals surface area contributed by atoms with Crippen molar-refractivity contribution in [2.45, 2.75) is 116 Å². The van der Waals surface area contributed by atoms with Crippen LogP contribution in [0.1, 0.15) is 73.6 Å². The molecule has 1 heterocycles. The molecule has 0 bridgehead atoms. The Hall–Kier alpha value is 0.580. The van der Waals surface area contributed by atoms with Crippen molar-refractivity contribution in [1.29, 1.82) is 0 Å². The molecule has 0 radical (unpaired) electrons.